The lowest BCUT2D eigenvalue weighted by Crippen LogP contribution is -2.55. The van der Waals surface area contributed by atoms with E-state index in [1.807, 2.05) is 0 Å². The molecule has 1 saturated carbocycles. The topological polar surface area (TPSA) is 116 Å². The van der Waals surface area contributed by atoms with Crippen LogP contribution in [0, 0.1) is 5.92 Å². The van der Waals surface area contributed by atoms with Gasteiger partial charge in [0, 0.05) is 18.7 Å². The van der Waals surface area contributed by atoms with Gasteiger partial charge in [-0.3, -0.25) is 4.79 Å². The van der Waals surface area contributed by atoms with Crippen LogP contribution in [-0.2, 0) is 9.53 Å². The van der Waals surface area contributed by atoms with Crippen LogP contribution in [0.2, 0.25) is 0 Å². The van der Waals surface area contributed by atoms with E-state index < -0.39 is 18.2 Å². The van der Waals surface area contributed by atoms with Crippen molar-refractivity contribution in [3.63, 3.8) is 0 Å². The Hall–Kier alpha value is -3.77. The first kappa shape index (κ1) is 23.9. The third kappa shape index (κ3) is 4.95. The summed E-state index contributed by atoms with van der Waals surface area (Å²) in [5.74, 6) is 0.400. The number of carbonyl (C=O) groups is 2. The second-order valence-corrected chi connectivity index (χ2v) is 9.93. The molecule has 11 nitrogen and oxygen atoms in total. The molecule has 1 atom stereocenters. The molecule has 1 aliphatic carbocycles. The van der Waals surface area contributed by atoms with Crippen LogP contribution in [0.3, 0.4) is 0 Å². The summed E-state index contributed by atoms with van der Waals surface area (Å²) in [7, 11) is 0. The van der Waals surface area contributed by atoms with Crippen molar-refractivity contribution in [3.8, 4) is 17.1 Å². The van der Waals surface area contributed by atoms with Gasteiger partial charge < -0.3 is 24.1 Å². The molecule has 36 heavy (non-hydrogen) atoms. The molecule has 0 unspecified atom stereocenters. The van der Waals surface area contributed by atoms with Gasteiger partial charge in [-0.15, -0.1) is 0 Å². The second kappa shape index (κ2) is 9.03. The van der Waals surface area contributed by atoms with Gasteiger partial charge in [-0.25, -0.2) is 14.8 Å². The molecule has 1 saturated heterocycles. The molecular formula is C23H27F2N7O4. The van der Waals surface area contributed by atoms with Gasteiger partial charge in [0.15, 0.2) is 17.2 Å². The van der Waals surface area contributed by atoms with Crippen LogP contribution in [0.15, 0.2) is 24.8 Å². The van der Waals surface area contributed by atoms with Crippen LogP contribution in [0.4, 0.5) is 19.4 Å². The third-order valence-electron chi connectivity index (χ3n) is 5.93. The minimum Gasteiger partial charge on any atom is -0.487 e. The van der Waals surface area contributed by atoms with Crippen molar-refractivity contribution in [2.75, 3.05) is 18.5 Å². The zero-order valence-corrected chi connectivity index (χ0v) is 20.1. The normalized spacial score (nSPS) is 17.8. The number of alkyl halides is 2. The number of imidazole rings is 1. The van der Waals surface area contributed by atoms with E-state index in [9.17, 15) is 18.4 Å². The Bertz CT molecular complexity index is 1300. The Morgan fingerprint density at radius 2 is 1.97 bits per heavy atom. The summed E-state index contributed by atoms with van der Waals surface area (Å²) in [5.41, 5.74) is -0.00224. The standard InChI is InChI=1S/C23H27F2N7O4/c1-23(2,3)36-22(34)31-7-6-14(31)12-35-16-8-27-32(21(24)25)19(16)15-10-30-11-17(28-18(30)9-26-15)29-20(33)13-4-5-13/h8-11,13-14,21H,4-7,12H2,1-3H3,(H,29,33)/t14-/m1/s1. The minimum atomic E-state index is -2.92. The molecule has 0 radical (unpaired) electrons. The number of nitrogens with zero attached hydrogens (tertiary/aromatic N) is 6. The van der Waals surface area contributed by atoms with Crippen LogP contribution in [0.25, 0.3) is 17.0 Å². The van der Waals surface area contributed by atoms with Gasteiger partial charge in [-0.2, -0.15) is 18.6 Å². The van der Waals surface area contributed by atoms with E-state index in [0.29, 0.717) is 29.1 Å². The summed E-state index contributed by atoms with van der Waals surface area (Å²) in [5, 5.41) is 6.54. The summed E-state index contributed by atoms with van der Waals surface area (Å²) in [6.07, 6.45) is 7.73. The zero-order chi connectivity index (χ0) is 25.6. The summed E-state index contributed by atoms with van der Waals surface area (Å²) >= 11 is 0. The summed E-state index contributed by atoms with van der Waals surface area (Å²) in [4.78, 5) is 34.6. The largest absolute Gasteiger partial charge is 0.487 e. The molecule has 4 heterocycles. The van der Waals surface area contributed by atoms with Crippen LogP contribution in [-0.4, -0.2) is 65.8 Å². The number of carbonyl (C=O) groups excluding carboxylic acids is 2. The highest BCUT2D eigenvalue weighted by Crippen LogP contribution is 2.34. The van der Waals surface area contributed by atoms with Crippen molar-refractivity contribution in [2.45, 2.75) is 58.2 Å². The van der Waals surface area contributed by atoms with Crippen LogP contribution < -0.4 is 10.1 Å². The Morgan fingerprint density at radius 1 is 1.19 bits per heavy atom. The van der Waals surface area contributed by atoms with E-state index in [-0.39, 0.29) is 41.6 Å². The average Bonchev–Trinajstić information content (AvgIpc) is 3.41. The van der Waals surface area contributed by atoms with Crippen LogP contribution in [0.5, 0.6) is 5.75 Å². The molecule has 0 bridgehead atoms. The molecule has 3 aromatic rings. The Labute approximate surface area is 205 Å². The summed E-state index contributed by atoms with van der Waals surface area (Å²) in [6, 6.07) is -0.246. The molecular weight excluding hydrogens is 476 g/mol. The maximum Gasteiger partial charge on any atom is 0.410 e. The molecule has 1 aliphatic heterocycles. The van der Waals surface area contributed by atoms with E-state index in [1.165, 1.54) is 18.6 Å². The highest BCUT2D eigenvalue weighted by molar-refractivity contribution is 5.93. The average molecular weight is 504 g/mol. The number of nitrogens with one attached hydrogen (secondary N) is 1. The fourth-order valence-electron chi connectivity index (χ4n) is 3.86. The predicted molar refractivity (Wildman–Crippen MR) is 124 cm³/mol. The number of halogens is 2. The van der Waals surface area contributed by atoms with Gasteiger partial charge in [0.2, 0.25) is 5.91 Å². The monoisotopic (exact) mass is 503 g/mol. The molecule has 3 aromatic heterocycles. The SMILES string of the molecule is CC(C)(C)OC(=O)N1CC[C@@H]1COc1cnn(C(F)F)c1-c1cn2cc(NC(=O)C3CC3)nc2cn1. The third-order valence-corrected chi connectivity index (χ3v) is 5.93. The lowest BCUT2D eigenvalue weighted by atomic mass is 10.1. The van der Waals surface area contributed by atoms with Crippen molar-refractivity contribution in [2.24, 2.45) is 5.92 Å². The molecule has 2 amide bonds. The number of likely N-dealkylation sites (tertiary alicyclic amines) is 1. The molecule has 192 valence electrons. The fourth-order valence-corrected chi connectivity index (χ4v) is 3.86. The van der Waals surface area contributed by atoms with Crippen molar-refractivity contribution < 1.29 is 27.8 Å². The number of anilines is 1. The summed E-state index contributed by atoms with van der Waals surface area (Å²) in [6.45, 7) is 3.06. The van der Waals surface area contributed by atoms with E-state index in [4.69, 9.17) is 9.47 Å². The van der Waals surface area contributed by atoms with Gasteiger partial charge >= 0.3 is 12.6 Å². The number of aromatic nitrogens is 5. The Kier molecular flexibility index (Phi) is 6.00. The van der Waals surface area contributed by atoms with E-state index in [1.54, 1.807) is 36.3 Å². The minimum absolute atomic E-state index is 0.00712. The smallest absolute Gasteiger partial charge is 0.410 e. The number of ether oxygens (including phenoxy) is 2. The first-order valence-corrected chi connectivity index (χ1v) is 11.7. The fraction of sp³-hybridized carbons (Fsp3) is 0.522. The molecule has 1 N–H and O–H groups in total. The van der Waals surface area contributed by atoms with Crippen LogP contribution in [0.1, 0.15) is 46.6 Å². The molecule has 2 aliphatic rings. The summed E-state index contributed by atoms with van der Waals surface area (Å²) < 4.78 is 40.9. The highest BCUT2D eigenvalue weighted by Gasteiger charge is 2.36. The highest BCUT2D eigenvalue weighted by atomic mass is 19.3. The quantitative estimate of drug-likeness (QED) is 0.522. The van der Waals surface area contributed by atoms with E-state index >= 15 is 0 Å². The Morgan fingerprint density at radius 3 is 2.61 bits per heavy atom. The van der Waals surface area contributed by atoms with Gasteiger partial charge in [0.05, 0.1) is 24.6 Å². The van der Waals surface area contributed by atoms with Crippen molar-refractivity contribution in [3.05, 3.63) is 24.8 Å². The first-order chi connectivity index (χ1) is 17.1. The van der Waals surface area contributed by atoms with Gasteiger partial charge in [-0.1, -0.05) is 0 Å². The molecule has 2 fully saturated rings. The molecule has 5 rings (SSSR count). The first-order valence-electron chi connectivity index (χ1n) is 11.7. The van der Waals surface area contributed by atoms with Gasteiger partial charge in [-0.05, 0) is 40.0 Å². The Balaban J connectivity index is 1.34. The second-order valence-electron chi connectivity index (χ2n) is 9.93. The van der Waals surface area contributed by atoms with Crippen molar-refractivity contribution in [1.29, 1.82) is 0 Å². The zero-order valence-electron chi connectivity index (χ0n) is 20.1. The maximum atomic E-state index is 13.8. The van der Waals surface area contributed by atoms with Gasteiger partial charge in [0.1, 0.15) is 23.6 Å². The van der Waals surface area contributed by atoms with E-state index in [0.717, 1.165) is 12.8 Å². The van der Waals surface area contributed by atoms with Gasteiger partial charge in [0.25, 0.3) is 0 Å². The molecule has 0 spiro atoms. The number of amides is 2. The number of hydrogen-bond acceptors (Lipinski definition) is 7. The maximum absolute atomic E-state index is 13.8. The predicted octanol–water partition coefficient (Wildman–Crippen LogP) is 3.72. The molecule has 0 aromatic carbocycles. The van der Waals surface area contributed by atoms with Crippen molar-refractivity contribution >= 4 is 23.5 Å². The lowest BCUT2D eigenvalue weighted by Gasteiger charge is -2.40. The van der Waals surface area contributed by atoms with Crippen LogP contribution >= 0.6 is 0 Å². The number of hydrogen-bond donors (Lipinski definition) is 1. The number of rotatable bonds is 7. The van der Waals surface area contributed by atoms with E-state index in [2.05, 4.69) is 20.4 Å². The molecule has 13 heteroatoms. The van der Waals surface area contributed by atoms with Crippen molar-refractivity contribution in [1.82, 2.24) is 29.0 Å². The number of fused-ring (bicyclic) bond motifs is 1. The lowest BCUT2D eigenvalue weighted by molar-refractivity contribution is -0.117.